The van der Waals surface area contributed by atoms with Crippen LogP contribution in [0.4, 0.5) is 0 Å². The Morgan fingerprint density at radius 2 is 0.686 bits per heavy atom. The largest absolute Gasteiger partial charge is 0.496 e. The number of methoxy groups -OCH3 is 1. The number of ether oxygens (including phenoxy) is 4. The molecule has 0 saturated carbocycles. The highest BCUT2D eigenvalue weighted by atomic mass is 16.5. The zero-order valence-electron chi connectivity index (χ0n) is 41.1. The van der Waals surface area contributed by atoms with E-state index in [1.54, 1.807) is 43.5 Å². The van der Waals surface area contributed by atoms with Gasteiger partial charge in [0.15, 0.2) is 11.6 Å². The van der Waals surface area contributed by atoms with Crippen molar-refractivity contribution in [1.82, 2.24) is 0 Å². The van der Waals surface area contributed by atoms with Crippen molar-refractivity contribution in [3.8, 4) is 40.2 Å². The van der Waals surface area contributed by atoms with Gasteiger partial charge in [0, 0.05) is 44.2 Å². The summed E-state index contributed by atoms with van der Waals surface area (Å²) in [6, 6.07) is 58.1. The summed E-state index contributed by atoms with van der Waals surface area (Å²) in [4.78, 5) is 26.5. The molecule has 0 bridgehead atoms. The Morgan fingerprint density at radius 3 is 1.06 bits per heavy atom. The van der Waals surface area contributed by atoms with E-state index >= 15 is 0 Å². The van der Waals surface area contributed by atoms with Gasteiger partial charge in [0.05, 0.1) is 7.11 Å². The van der Waals surface area contributed by atoms with Crippen molar-refractivity contribution >= 4 is 23.7 Å². The third-order valence-electron chi connectivity index (χ3n) is 12.9. The van der Waals surface area contributed by atoms with E-state index in [1.807, 2.05) is 130 Å². The standard InChI is InChI=1S/C64H58O6/c1-9-11-48-41-52(27-39-59(48)67-8)64(6,7)53-28-40-60(49(42-53)12-10-2)70-58-33-21-47(22-34-58)62(66)46-19-31-55(32-20-46)69-57-37-25-51(26-38-57)63(4,5)50-23-35-56(36-24-50)68-54-29-17-45(18-30-54)61(65)44-15-13-43(3)14-16-44/h9-42H,1-8H3. The molecule has 0 atom stereocenters. The van der Waals surface area contributed by atoms with Gasteiger partial charge >= 0.3 is 0 Å². The third-order valence-corrected chi connectivity index (χ3v) is 12.9. The van der Waals surface area contributed by atoms with Crippen molar-refractivity contribution in [2.45, 2.75) is 59.3 Å². The molecule has 0 heterocycles. The van der Waals surface area contributed by atoms with Crippen LogP contribution in [-0.2, 0) is 10.8 Å². The Hall–Kier alpha value is -8.22. The van der Waals surface area contributed by atoms with Gasteiger partial charge in [-0.2, -0.15) is 0 Å². The lowest BCUT2D eigenvalue weighted by Gasteiger charge is -2.28. The van der Waals surface area contributed by atoms with E-state index in [2.05, 4.69) is 88.4 Å². The second-order valence-corrected chi connectivity index (χ2v) is 18.4. The van der Waals surface area contributed by atoms with Crippen LogP contribution < -0.4 is 18.9 Å². The van der Waals surface area contributed by atoms with Crippen LogP contribution in [0.15, 0.2) is 194 Å². The van der Waals surface area contributed by atoms with E-state index in [9.17, 15) is 9.59 Å². The molecule has 0 fully saturated rings. The van der Waals surface area contributed by atoms with E-state index in [-0.39, 0.29) is 22.4 Å². The predicted molar refractivity (Wildman–Crippen MR) is 284 cm³/mol. The van der Waals surface area contributed by atoms with Crippen molar-refractivity contribution in [1.29, 1.82) is 0 Å². The quantitative estimate of drug-likeness (QED) is 0.0848. The van der Waals surface area contributed by atoms with Gasteiger partial charge in [0.2, 0.25) is 0 Å². The van der Waals surface area contributed by atoms with Crippen LogP contribution >= 0.6 is 0 Å². The van der Waals surface area contributed by atoms with Gasteiger partial charge in [-0.1, -0.05) is 118 Å². The van der Waals surface area contributed by atoms with E-state index in [1.165, 1.54) is 5.56 Å². The van der Waals surface area contributed by atoms with Gasteiger partial charge < -0.3 is 18.9 Å². The second-order valence-electron chi connectivity index (χ2n) is 18.4. The molecule has 0 N–H and O–H groups in total. The van der Waals surface area contributed by atoms with Crippen molar-refractivity contribution < 1.29 is 28.5 Å². The Bertz CT molecular complexity index is 3160. The molecular weight excluding hydrogens is 865 g/mol. The Balaban J connectivity index is 0.859. The lowest BCUT2D eigenvalue weighted by Crippen LogP contribution is -2.19. The molecule has 0 amide bonds. The molecule has 6 nitrogen and oxygen atoms in total. The SMILES string of the molecule is CC=Cc1cc(C(C)(C)c2ccc(Oc3ccc(C(=O)c4ccc(Oc5ccc(C(C)(C)c6ccc(Oc7ccc(C(=O)c8ccc(C)cc8)cc7)cc6)cc5)cc4)cc3)c(C=CC)c2)ccc1OC. The first-order valence-electron chi connectivity index (χ1n) is 23.5. The maximum Gasteiger partial charge on any atom is 0.193 e. The highest BCUT2D eigenvalue weighted by molar-refractivity contribution is 6.09. The number of allylic oxidation sites excluding steroid dienone is 2. The Morgan fingerprint density at radius 1 is 0.386 bits per heavy atom. The van der Waals surface area contributed by atoms with Gasteiger partial charge in [0.1, 0.15) is 40.2 Å². The molecule has 0 aliphatic rings. The summed E-state index contributed by atoms with van der Waals surface area (Å²) in [7, 11) is 1.70. The zero-order valence-corrected chi connectivity index (χ0v) is 41.1. The molecule has 8 aromatic carbocycles. The zero-order chi connectivity index (χ0) is 49.4. The van der Waals surface area contributed by atoms with Crippen LogP contribution in [0.5, 0.6) is 40.2 Å². The molecule has 0 aromatic heterocycles. The summed E-state index contributed by atoms with van der Waals surface area (Å²) in [5.74, 6) is 4.77. The monoisotopic (exact) mass is 922 g/mol. The highest BCUT2D eigenvalue weighted by Crippen LogP contribution is 2.39. The minimum atomic E-state index is -0.296. The Labute approximate surface area is 412 Å². The van der Waals surface area contributed by atoms with Gasteiger partial charge in [0.25, 0.3) is 0 Å². The van der Waals surface area contributed by atoms with E-state index in [4.69, 9.17) is 18.9 Å². The van der Waals surface area contributed by atoms with Crippen LogP contribution in [0.25, 0.3) is 12.2 Å². The third kappa shape index (κ3) is 10.9. The van der Waals surface area contributed by atoms with Gasteiger partial charge in [-0.3, -0.25) is 9.59 Å². The molecule has 8 aromatic rings. The first-order chi connectivity index (χ1) is 33.7. The number of carbonyl (C=O) groups is 2. The number of hydrogen-bond donors (Lipinski definition) is 0. The summed E-state index contributed by atoms with van der Waals surface area (Å²) < 4.78 is 24.3. The second kappa shape index (κ2) is 21.0. The number of hydrogen-bond acceptors (Lipinski definition) is 6. The van der Waals surface area contributed by atoms with Gasteiger partial charge in [-0.15, -0.1) is 0 Å². The minimum Gasteiger partial charge on any atom is -0.496 e. The number of benzene rings is 8. The average molecular weight is 923 g/mol. The summed E-state index contributed by atoms with van der Waals surface area (Å²) >= 11 is 0. The highest BCUT2D eigenvalue weighted by Gasteiger charge is 2.26. The summed E-state index contributed by atoms with van der Waals surface area (Å²) in [5.41, 5.74) is 9.51. The molecule has 0 saturated heterocycles. The van der Waals surface area contributed by atoms with E-state index < -0.39 is 0 Å². The maximum atomic E-state index is 13.6. The smallest absolute Gasteiger partial charge is 0.193 e. The molecule has 350 valence electrons. The fourth-order valence-corrected chi connectivity index (χ4v) is 8.45. The molecule has 0 unspecified atom stereocenters. The number of rotatable bonds is 17. The first-order valence-corrected chi connectivity index (χ1v) is 23.5. The van der Waals surface area contributed by atoms with Crippen LogP contribution in [-0.4, -0.2) is 18.7 Å². The maximum absolute atomic E-state index is 13.6. The lowest BCUT2D eigenvalue weighted by atomic mass is 9.77. The van der Waals surface area contributed by atoms with Gasteiger partial charge in [-0.05, 0) is 164 Å². The first kappa shape index (κ1) is 48.2. The molecule has 6 heteroatoms. The van der Waals surface area contributed by atoms with E-state index in [0.29, 0.717) is 51.0 Å². The fraction of sp³-hybridized carbons (Fsp3) is 0.156. The summed E-state index contributed by atoms with van der Waals surface area (Å²) in [6.45, 7) is 14.8. The van der Waals surface area contributed by atoms with Crippen molar-refractivity contribution in [2.75, 3.05) is 7.11 Å². The van der Waals surface area contributed by atoms with Gasteiger partial charge in [-0.25, -0.2) is 0 Å². The molecular formula is C64H58O6. The summed E-state index contributed by atoms with van der Waals surface area (Å²) in [6.07, 6.45) is 8.14. The molecule has 0 aliphatic heterocycles. The van der Waals surface area contributed by atoms with Crippen LogP contribution in [0.2, 0.25) is 0 Å². The summed E-state index contributed by atoms with van der Waals surface area (Å²) in [5, 5.41) is 0. The van der Waals surface area contributed by atoms with Crippen LogP contribution in [0.1, 0.15) is 112 Å². The molecule has 0 spiro atoms. The average Bonchev–Trinajstić information content (AvgIpc) is 3.38. The molecule has 0 radical (unpaired) electrons. The lowest BCUT2D eigenvalue weighted by molar-refractivity contribution is 0.103. The van der Waals surface area contributed by atoms with E-state index in [0.717, 1.165) is 44.9 Å². The van der Waals surface area contributed by atoms with Crippen LogP contribution in [0.3, 0.4) is 0 Å². The van der Waals surface area contributed by atoms with Crippen LogP contribution in [0, 0.1) is 6.92 Å². The molecule has 70 heavy (non-hydrogen) atoms. The molecule has 0 aliphatic carbocycles. The van der Waals surface area contributed by atoms with Crippen molar-refractivity contribution in [2.24, 2.45) is 0 Å². The number of ketones is 2. The Kier molecular flexibility index (Phi) is 14.5. The normalized spacial score (nSPS) is 11.7. The van der Waals surface area contributed by atoms with Crippen molar-refractivity contribution in [3.63, 3.8) is 0 Å². The number of carbonyl (C=O) groups excluding carboxylic acids is 2. The predicted octanol–water partition coefficient (Wildman–Crippen LogP) is 16.6. The van der Waals surface area contributed by atoms with Crippen molar-refractivity contribution in [3.05, 3.63) is 255 Å². The molecule has 8 rings (SSSR count). The fourth-order valence-electron chi connectivity index (χ4n) is 8.45. The number of aryl methyl sites for hydroxylation is 1. The topological polar surface area (TPSA) is 71.1 Å². The minimum absolute atomic E-state index is 0.0186.